The van der Waals surface area contributed by atoms with Gasteiger partial charge in [-0.2, -0.15) is 0 Å². The Labute approximate surface area is 191 Å². The van der Waals surface area contributed by atoms with Crippen molar-refractivity contribution in [3.05, 3.63) is 105 Å². The van der Waals surface area contributed by atoms with Crippen LogP contribution in [0.4, 0.5) is 0 Å². The topological polar surface area (TPSA) is 55.2 Å². The fraction of sp³-hybridized carbons (Fsp3) is 0.192. The lowest BCUT2D eigenvalue weighted by Crippen LogP contribution is -2.37. The molecule has 5 nitrogen and oxygen atoms in total. The molecular weight excluding hydrogens is 422 g/mol. The van der Waals surface area contributed by atoms with Crippen molar-refractivity contribution in [2.45, 2.75) is 26.8 Å². The van der Waals surface area contributed by atoms with Crippen molar-refractivity contribution >= 4 is 28.4 Å². The molecule has 0 aliphatic carbocycles. The molecule has 0 spiro atoms. The Balaban J connectivity index is 1.90. The summed E-state index contributed by atoms with van der Waals surface area (Å²) in [5.74, 6) is 0.373. The average Bonchev–Trinajstić information content (AvgIpc) is 2.79. The van der Waals surface area contributed by atoms with Crippen molar-refractivity contribution in [1.82, 2.24) is 14.5 Å². The summed E-state index contributed by atoms with van der Waals surface area (Å²) in [5, 5.41) is 1.11. The van der Waals surface area contributed by atoms with Gasteiger partial charge in [0.2, 0.25) is 0 Å². The van der Waals surface area contributed by atoms with Gasteiger partial charge >= 0.3 is 0 Å². The number of halogens is 1. The van der Waals surface area contributed by atoms with Crippen molar-refractivity contribution in [2.75, 3.05) is 6.54 Å². The second-order valence-corrected chi connectivity index (χ2v) is 8.18. The first-order valence-electron chi connectivity index (χ1n) is 10.6. The number of fused-ring (bicyclic) bond motifs is 1. The second-order valence-electron chi connectivity index (χ2n) is 7.74. The van der Waals surface area contributed by atoms with Crippen LogP contribution in [0.25, 0.3) is 16.6 Å². The molecule has 1 heterocycles. The lowest BCUT2D eigenvalue weighted by Gasteiger charge is -2.29. The quantitative estimate of drug-likeness (QED) is 0.403. The van der Waals surface area contributed by atoms with E-state index in [0.717, 1.165) is 11.3 Å². The summed E-state index contributed by atoms with van der Waals surface area (Å²) in [6.07, 6.45) is 0. The van der Waals surface area contributed by atoms with Gasteiger partial charge in [0.25, 0.3) is 11.5 Å². The number of amides is 1. The minimum Gasteiger partial charge on any atom is -0.329 e. The Morgan fingerprint density at radius 3 is 2.47 bits per heavy atom. The fourth-order valence-electron chi connectivity index (χ4n) is 3.94. The number of aromatic nitrogens is 2. The van der Waals surface area contributed by atoms with E-state index >= 15 is 0 Å². The van der Waals surface area contributed by atoms with E-state index in [-0.39, 0.29) is 11.5 Å². The molecule has 0 N–H and O–H groups in total. The van der Waals surface area contributed by atoms with E-state index in [1.807, 2.05) is 63.2 Å². The molecule has 0 aliphatic heterocycles. The van der Waals surface area contributed by atoms with Crippen molar-refractivity contribution in [1.29, 1.82) is 0 Å². The number of para-hydroxylation sites is 1. The number of carbonyl (C=O) groups excluding carboxylic acids is 1. The number of hydrogen-bond donors (Lipinski definition) is 0. The van der Waals surface area contributed by atoms with Crippen molar-refractivity contribution in [2.24, 2.45) is 0 Å². The molecule has 0 saturated heterocycles. The van der Waals surface area contributed by atoms with Crippen molar-refractivity contribution in [3.63, 3.8) is 0 Å². The van der Waals surface area contributed by atoms with Gasteiger partial charge in [0.05, 0.1) is 22.6 Å². The summed E-state index contributed by atoms with van der Waals surface area (Å²) in [7, 11) is 0. The zero-order chi connectivity index (χ0) is 22.8. The Hall–Kier alpha value is -3.44. The first-order valence-corrected chi connectivity index (χ1v) is 10.9. The monoisotopic (exact) mass is 445 g/mol. The summed E-state index contributed by atoms with van der Waals surface area (Å²) in [5.41, 5.74) is 2.75. The predicted octanol–water partition coefficient (Wildman–Crippen LogP) is 5.57. The van der Waals surface area contributed by atoms with E-state index in [2.05, 4.69) is 0 Å². The van der Waals surface area contributed by atoms with E-state index < -0.39 is 6.04 Å². The highest BCUT2D eigenvalue weighted by Crippen LogP contribution is 2.25. The van der Waals surface area contributed by atoms with Crippen LogP contribution in [0.2, 0.25) is 5.02 Å². The van der Waals surface area contributed by atoms with Gasteiger partial charge in [-0.15, -0.1) is 0 Å². The number of carbonyl (C=O) groups is 1. The fourth-order valence-corrected chi connectivity index (χ4v) is 4.06. The molecule has 0 fully saturated rings. The Bertz CT molecular complexity index is 1350. The number of aryl methyl sites for hydroxylation is 1. The van der Waals surface area contributed by atoms with E-state index in [1.54, 1.807) is 39.8 Å². The largest absolute Gasteiger partial charge is 0.329 e. The normalized spacial score (nSPS) is 12.0. The van der Waals surface area contributed by atoms with Gasteiger partial charge in [0, 0.05) is 17.1 Å². The van der Waals surface area contributed by atoms with Gasteiger partial charge in [0.1, 0.15) is 5.82 Å². The summed E-state index contributed by atoms with van der Waals surface area (Å²) in [6.45, 7) is 6.26. The molecule has 1 atom stereocenters. The van der Waals surface area contributed by atoms with Crippen LogP contribution in [0.1, 0.15) is 41.6 Å². The number of hydrogen-bond acceptors (Lipinski definition) is 3. The number of nitrogens with zero attached hydrogens (tertiary/aromatic N) is 3. The van der Waals surface area contributed by atoms with Crippen LogP contribution in [0, 0.1) is 6.92 Å². The maximum absolute atomic E-state index is 13.6. The van der Waals surface area contributed by atoms with Gasteiger partial charge in [-0.05, 0) is 74.9 Å². The zero-order valence-electron chi connectivity index (χ0n) is 18.2. The molecule has 0 bridgehead atoms. The van der Waals surface area contributed by atoms with Crippen LogP contribution < -0.4 is 5.56 Å². The molecule has 3 aromatic carbocycles. The third-order valence-electron chi connectivity index (χ3n) is 5.60. The SMILES string of the molecule is CCN(C(=O)c1ccc(Cl)cc1)C(C)c1nc2ccccc2c(=O)n1-c1cccc(C)c1. The minimum atomic E-state index is -0.444. The number of rotatable bonds is 5. The maximum atomic E-state index is 13.6. The Morgan fingerprint density at radius 1 is 1.06 bits per heavy atom. The molecule has 4 rings (SSSR count). The summed E-state index contributed by atoms with van der Waals surface area (Å²) in [4.78, 5) is 33.4. The molecule has 0 saturated carbocycles. The second kappa shape index (κ2) is 8.97. The van der Waals surface area contributed by atoms with Gasteiger partial charge < -0.3 is 4.90 Å². The summed E-state index contributed by atoms with van der Waals surface area (Å²) in [6, 6.07) is 21.4. The first-order chi connectivity index (χ1) is 15.4. The van der Waals surface area contributed by atoms with Gasteiger partial charge in [-0.25, -0.2) is 4.98 Å². The molecule has 32 heavy (non-hydrogen) atoms. The van der Waals surface area contributed by atoms with Crippen LogP contribution in [0.3, 0.4) is 0 Å². The van der Waals surface area contributed by atoms with Crippen molar-refractivity contribution in [3.8, 4) is 5.69 Å². The standard InChI is InChI=1S/C26H24ClN3O2/c1-4-29(25(31)19-12-14-20(27)15-13-19)18(3)24-28-23-11-6-5-10-22(23)26(32)30(24)21-9-7-8-17(2)16-21/h5-16,18H,4H2,1-3H3. The molecule has 1 amide bonds. The average molecular weight is 446 g/mol. The van der Waals surface area contributed by atoms with Gasteiger partial charge in [-0.3, -0.25) is 14.2 Å². The highest BCUT2D eigenvalue weighted by Gasteiger charge is 2.26. The molecule has 0 aliphatic rings. The zero-order valence-corrected chi connectivity index (χ0v) is 19.0. The Kier molecular flexibility index (Phi) is 6.10. The van der Waals surface area contributed by atoms with Crippen molar-refractivity contribution < 1.29 is 4.79 Å². The Morgan fingerprint density at radius 2 is 1.78 bits per heavy atom. The van der Waals surface area contributed by atoms with E-state index in [1.165, 1.54) is 0 Å². The van der Waals surface area contributed by atoms with Crippen LogP contribution in [0.5, 0.6) is 0 Å². The van der Waals surface area contributed by atoms with E-state index in [0.29, 0.717) is 33.9 Å². The highest BCUT2D eigenvalue weighted by molar-refractivity contribution is 6.30. The predicted molar refractivity (Wildman–Crippen MR) is 129 cm³/mol. The summed E-state index contributed by atoms with van der Waals surface area (Å²) >= 11 is 5.99. The molecule has 1 aromatic heterocycles. The molecule has 162 valence electrons. The molecule has 1 unspecified atom stereocenters. The van der Waals surface area contributed by atoms with Crippen LogP contribution in [0.15, 0.2) is 77.6 Å². The molecular formula is C26H24ClN3O2. The first kappa shape index (κ1) is 21.8. The van der Waals surface area contributed by atoms with Crippen LogP contribution in [-0.2, 0) is 0 Å². The van der Waals surface area contributed by atoms with Crippen LogP contribution in [-0.4, -0.2) is 26.9 Å². The van der Waals surface area contributed by atoms with Gasteiger partial charge in [-0.1, -0.05) is 35.9 Å². The molecule has 6 heteroatoms. The van der Waals surface area contributed by atoms with E-state index in [4.69, 9.17) is 16.6 Å². The minimum absolute atomic E-state index is 0.144. The third-order valence-corrected chi connectivity index (χ3v) is 5.85. The maximum Gasteiger partial charge on any atom is 0.266 e. The third kappa shape index (κ3) is 4.04. The van der Waals surface area contributed by atoms with E-state index in [9.17, 15) is 9.59 Å². The summed E-state index contributed by atoms with van der Waals surface area (Å²) < 4.78 is 1.62. The lowest BCUT2D eigenvalue weighted by atomic mass is 10.1. The number of benzene rings is 3. The molecule has 0 radical (unpaired) electrons. The molecule has 4 aromatic rings. The van der Waals surface area contributed by atoms with Gasteiger partial charge in [0.15, 0.2) is 0 Å². The highest BCUT2D eigenvalue weighted by atomic mass is 35.5. The smallest absolute Gasteiger partial charge is 0.266 e. The van der Waals surface area contributed by atoms with Crippen LogP contribution >= 0.6 is 11.6 Å². The lowest BCUT2D eigenvalue weighted by molar-refractivity contribution is 0.0693.